The van der Waals surface area contributed by atoms with Crippen molar-refractivity contribution in [3.05, 3.63) is 57.2 Å². The number of fused-ring (bicyclic) bond motifs is 1. The highest BCUT2D eigenvalue weighted by atomic mass is 35.5. The van der Waals surface area contributed by atoms with Gasteiger partial charge in [0, 0.05) is 25.5 Å². The molecule has 30 heavy (non-hydrogen) atoms. The third-order valence-corrected chi connectivity index (χ3v) is 6.91. The number of aryl methyl sites for hydroxylation is 1. The van der Waals surface area contributed by atoms with Crippen LogP contribution in [0.25, 0.3) is 10.2 Å². The number of rotatable bonds is 8. The molecule has 156 valence electrons. The van der Waals surface area contributed by atoms with Gasteiger partial charge in [0.2, 0.25) is 0 Å². The fourth-order valence-corrected chi connectivity index (χ4v) is 5.48. The van der Waals surface area contributed by atoms with E-state index >= 15 is 0 Å². The molecule has 0 saturated carbocycles. The summed E-state index contributed by atoms with van der Waals surface area (Å²) in [6.07, 6.45) is 6.13. The molecule has 0 unspecified atom stereocenters. The molecule has 4 rings (SSSR count). The van der Waals surface area contributed by atoms with Crippen molar-refractivity contribution >= 4 is 67.1 Å². The quantitative estimate of drug-likeness (QED) is 0.310. The molecule has 0 aliphatic carbocycles. The van der Waals surface area contributed by atoms with E-state index in [1.807, 2.05) is 35.9 Å². The van der Waals surface area contributed by atoms with Crippen molar-refractivity contribution in [3.63, 3.8) is 0 Å². The van der Waals surface area contributed by atoms with Gasteiger partial charge < -0.3 is 9.30 Å². The van der Waals surface area contributed by atoms with E-state index in [1.54, 1.807) is 23.5 Å². The van der Waals surface area contributed by atoms with Gasteiger partial charge in [0.1, 0.15) is 10.1 Å². The van der Waals surface area contributed by atoms with Crippen molar-refractivity contribution in [3.8, 4) is 5.75 Å². The molecule has 3 heterocycles. The average Bonchev–Trinajstić information content (AvgIpc) is 3.44. The third kappa shape index (κ3) is 4.62. The van der Waals surface area contributed by atoms with Gasteiger partial charge in [-0.05, 0) is 37.6 Å². The number of carbonyl (C=O) groups excluding carboxylic acids is 1. The predicted octanol–water partition coefficient (Wildman–Crippen LogP) is 6.00. The molecule has 3 aromatic heterocycles. The van der Waals surface area contributed by atoms with Crippen molar-refractivity contribution in [1.82, 2.24) is 14.5 Å². The molecular weight excluding hydrogens is 463 g/mol. The fraction of sp³-hybridized carbons (Fsp3) is 0.250. The minimum absolute atomic E-state index is 0.210. The van der Waals surface area contributed by atoms with Gasteiger partial charge in [-0.25, -0.2) is 9.97 Å². The molecule has 0 fully saturated rings. The molecular formula is C20H18Cl2N4O2S2. The summed E-state index contributed by atoms with van der Waals surface area (Å²) in [4.78, 5) is 23.7. The van der Waals surface area contributed by atoms with Gasteiger partial charge in [0.05, 0.1) is 33.1 Å². The number of halogens is 2. The third-order valence-electron chi connectivity index (χ3n) is 4.38. The summed E-state index contributed by atoms with van der Waals surface area (Å²) in [7, 11) is 0. The van der Waals surface area contributed by atoms with Gasteiger partial charge in [-0.2, -0.15) is 0 Å². The summed E-state index contributed by atoms with van der Waals surface area (Å²) in [5, 5.41) is 0.618. The molecule has 0 spiro atoms. The Labute approximate surface area is 191 Å². The van der Waals surface area contributed by atoms with Gasteiger partial charge in [0.15, 0.2) is 5.13 Å². The summed E-state index contributed by atoms with van der Waals surface area (Å²) in [6, 6.07) is 7.35. The molecule has 6 nitrogen and oxygen atoms in total. The van der Waals surface area contributed by atoms with Crippen LogP contribution in [0, 0.1) is 0 Å². The standard InChI is InChI=1S/C20H18Cl2N4O2S2/c1-2-28-13-4-5-15-16(10-13)29-20(24-15)26(8-3-7-25-9-6-23-12-25)19(27)14-11-17(21)30-18(14)22/h4-6,9-12H,2-3,7-8H2,1H3. The van der Waals surface area contributed by atoms with Gasteiger partial charge in [0.25, 0.3) is 5.91 Å². The lowest BCUT2D eigenvalue weighted by molar-refractivity contribution is 0.0987. The number of benzene rings is 1. The number of thiophene rings is 1. The Morgan fingerprint density at radius 1 is 1.27 bits per heavy atom. The lowest BCUT2D eigenvalue weighted by Gasteiger charge is -2.19. The molecule has 0 aliphatic heterocycles. The number of nitrogens with zero attached hydrogens (tertiary/aromatic N) is 4. The van der Waals surface area contributed by atoms with Crippen LogP contribution >= 0.6 is 45.9 Å². The zero-order valence-corrected chi connectivity index (χ0v) is 19.2. The summed E-state index contributed by atoms with van der Waals surface area (Å²) >= 11 is 15.0. The largest absolute Gasteiger partial charge is 0.494 e. The Hall–Kier alpha value is -2.13. The molecule has 1 amide bonds. The minimum Gasteiger partial charge on any atom is -0.494 e. The van der Waals surface area contributed by atoms with Crippen LogP contribution in [-0.2, 0) is 6.54 Å². The normalized spacial score (nSPS) is 11.2. The van der Waals surface area contributed by atoms with E-state index in [2.05, 4.69) is 9.97 Å². The number of carbonyl (C=O) groups is 1. The molecule has 0 radical (unpaired) electrons. The molecule has 0 atom stereocenters. The zero-order valence-electron chi connectivity index (χ0n) is 16.0. The van der Waals surface area contributed by atoms with Crippen molar-refractivity contribution < 1.29 is 9.53 Å². The SMILES string of the molecule is CCOc1ccc2nc(N(CCCn3ccnc3)C(=O)c3cc(Cl)sc3Cl)sc2c1. The maximum atomic E-state index is 13.3. The van der Waals surface area contributed by atoms with Crippen LogP contribution < -0.4 is 9.64 Å². The lowest BCUT2D eigenvalue weighted by atomic mass is 10.3. The maximum Gasteiger partial charge on any atom is 0.262 e. The Balaban J connectivity index is 1.64. The Morgan fingerprint density at radius 3 is 2.83 bits per heavy atom. The van der Waals surface area contributed by atoms with E-state index in [1.165, 1.54) is 22.7 Å². The highest BCUT2D eigenvalue weighted by Gasteiger charge is 2.24. The summed E-state index contributed by atoms with van der Waals surface area (Å²) in [6.45, 7) is 3.76. The van der Waals surface area contributed by atoms with Crippen LogP contribution in [0.15, 0.2) is 43.0 Å². The van der Waals surface area contributed by atoms with Crippen LogP contribution in [0.4, 0.5) is 5.13 Å². The lowest BCUT2D eigenvalue weighted by Crippen LogP contribution is -2.32. The van der Waals surface area contributed by atoms with Crippen LogP contribution in [0.5, 0.6) is 5.75 Å². The first-order valence-corrected chi connectivity index (χ1v) is 11.7. The van der Waals surface area contributed by atoms with Gasteiger partial charge in [-0.3, -0.25) is 9.69 Å². The minimum atomic E-state index is -0.210. The topological polar surface area (TPSA) is 60.2 Å². The molecule has 1 aromatic carbocycles. The van der Waals surface area contributed by atoms with Crippen molar-refractivity contribution in [2.75, 3.05) is 18.1 Å². The van der Waals surface area contributed by atoms with Crippen LogP contribution in [0.1, 0.15) is 23.7 Å². The smallest absolute Gasteiger partial charge is 0.262 e. The second-order valence-corrected chi connectivity index (χ2v) is 9.70. The van der Waals surface area contributed by atoms with Gasteiger partial charge >= 0.3 is 0 Å². The highest BCUT2D eigenvalue weighted by molar-refractivity contribution is 7.22. The van der Waals surface area contributed by atoms with Crippen LogP contribution in [0.3, 0.4) is 0 Å². The Morgan fingerprint density at radius 2 is 2.13 bits per heavy atom. The first-order valence-electron chi connectivity index (χ1n) is 9.31. The number of thiazole rings is 1. The summed E-state index contributed by atoms with van der Waals surface area (Å²) in [5.41, 5.74) is 1.21. The van der Waals surface area contributed by atoms with Crippen molar-refractivity contribution in [1.29, 1.82) is 0 Å². The van der Waals surface area contributed by atoms with E-state index in [0.717, 1.165) is 28.9 Å². The summed E-state index contributed by atoms with van der Waals surface area (Å²) < 4.78 is 9.37. The molecule has 0 saturated heterocycles. The van der Waals surface area contributed by atoms with E-state index < -0.39 is 0 Å². The van der Waals surface area contributed by atoms with Crippen LogP contribution in [0.2, 0.25) is 8.67 Å². The fourth-order valence-electron chi connectivity index (χ4n) is 3.01. The zero-order chi connectivity index (χ0) is 21.1. The Bertz CT molecular complexity index is 1160. The van der Waals surface area contributed by atoms with Crippen LogP contribution in [-0.4, -0.2) is 33.6 Å². The average molecular weight is 481 g/mol. The molecule has 0 bridgehead atoms. The van der Waals surface area contributed by atoms with E-state index in [-0.39, 0.29) is 5.91 Å². The number of amides is 1. The van der Waals surface area contributed by atoms with Crippen molar-refractivity contribution in [2.45, 2.75) is 19.9 Å². The molecule has 4 aromatic rings. The number of anilines is 1. The van der Waals surface area contributed by atoms with E-state index in [4.69, 9.17) is 27.9 Å². The molecule has 0 aliphatic rings. The Kier molecular flexibility index (Phi) is 6.58. The number of hydrogen-bond acceptors (Lipinski definition) is 6. The molecule has 0 N–H and O–H groups in total. The first kappa shape index (κ1) is 21.1. The summed E-state index contributed by atoms with van der Waals surface area (Å²) in [5.74, 6) is 0.573. The van der Waals surface area contributed by atoms with E-state index in [9.17, 15) is 4.79 Å². The number of aromatic nitrogens is 3. The van der Waals surface area contributed by atoms with Gasteiger partial charge in [-0.15, -0.1) is 11.3 Å². The monoisotopic (exact) mass is 480 g/mol. The second-order valence-electron chi connectivity index (χ2n) is 6.41. The first-order chi connectivity index (χ1) is 14.5. The maximum absolute atomic E-state index is 13.3. The van der Waals surface area contributed by atoms with E-state index in [0.29, 0.717) is 32.5 Å². The molecule has 10 heteroatoms. The number of hydrogen-bond donors (Lipinski definition) is 0. The highest BCUT2D eigenvalue weighted by Crippen LogP contribution is 2.36. The van der Waals surface area contributed by atoms with Crippen molar-refractivity contribution in [2.24, 2.45) is 0 Å². The van der Waals surface area contributed by atoms with Gasteiger partial charge in [-0.1, -0.05) is 34.5 Å². The number of ether oxygens (including phenoxy) is 1. The predicted molar refractivity (Wildman–Crippen MR) is 124 cm³/mol. The number of imidazole rings is 1. The second kappa shape index (κ2) is 9.34.